The maximum atomic E-state index is 16.1. The molecule has 288 valence electrons. The summed E-state index contributed by atoms with van der Waals surface area (Å²) in [6, 6.07) is 8.59. The molecule has 7 heterocycles. The topological polar surface area (TPSA) is 111 Å². The van der Waals surface area contributed by atoms with Gasteiger partial charge in [-0.1, -0.05) is 36.4 Å². The number of ether oxygens (including phenoxy) is 2. The summed E-state index contributed by atoms with van der Waals surface area (Å²) < 4.78 is 39.7. The third-order valence-corrected chi connectivity index (χ3v) is 11.2. The summed E-state index contributed by atoms with van der Waals surface area (Å²) in [5.41, 5.74) is 2.11. The number of amides is 1. The number of hydrogen-bond donors (Lipinski definition) is 0. The van der Waals surface area contributed by atoms with Crippen molar-refractivity contribution in [1.82, 2.24) is 29.7 Å². The number of fused-ring (bicyclic) bond motifs is 4. The summed E-state index contributed by atoms with van der Waals surface area (Å²) in [7, 11) is 1.45. The van der Waals surface area contributed by atoms with Crippen molar-refractivity contribution in [1.29, 1.82) is 5.26 Å². The molecule has 1 amide bonds. The number of carbonyl (C=O) groups excluding carboxylic acids is 1. The maximum absolute atomic E-state index is 16.1. The predicted molar refractivity (Wildman–Crippen MR) is 207 cm³/mol. The lowest BCUT2D eigenvalue weighted by Crippen LogP contribution is -2.49. The summed E-state index contributed by atoms with van der Waals surface area (Å²) in [6.07, 6.45) is 10.4. The number of morpholine rings is 1. The molecule has 1 aromatic carbocycles. The lowest BCUT2D eigenvalue weighted by Gasteiger charge is -2.35. The number of nitrogens with zero attached hydrogens (tertiary/aromatic N) is 8. The number of benzene rings is 1. The van der Waals surface area contributed by atoms with Gasteiger partial charge in [0.2, 0.25) is 5.91 Å². The number of carbonyl (C=O) groups is 1. The molecule has 14 heteroatoms. The highest BCUT2D eigenvalue weighted by Crippen LogP contribution is 2.37. The van der Waals surface area contributed by atoms with Gasteiger partial charge in [-0.25, -0.2) is 8.78 Å². The fourth-order valence-electron chi connectivity index (χ4n) is 8.25. The SMILES string of the molecule is C=C(C)c1c(Cl)cccc1-c1ncc2c(N3CCN(C(=O)/C=C/CN4C5CCC4COC5)CC3)nc(OC)nc2c1F.CC#N.FC1CC2CCCN2C1. The highest BCUT2D eigenvalue weighted by atomic mass is 35.5. The zero-order valence-electron chi connectivity index (χ0n) is 31.3. The molecular weight excluding hydrogens is 714 g/mol. The first-order chi connectivity index (χ1) is 26.1. The Kier molecular flexibility index (Phi) is 13.1. The van der Waals surface area contributed by atoms with Crippen molar-refractivity contribution in [2.75, 3.05) is 71.0 Å². The molecule has 5 fully saturated rings. The fourth-order valence-corrected chi connectivity index (χ4v) is 8.59. The molecular formula is C40H49ClF2N8O3. The van der Waals surface area contributed by atoms with E-state index in [0.29, 0.717) is 83.8 Å². The zero-order chi connectivity index (χ0) is 38.4. The molecule has 5 saturated heterocycles. The number of hydrogen-bond acceptors (Lipinski definition) is 10. The van der Waals surface area contributed by atoms with Gasteiger partial charge in [0.1, 0.15) is 23.2 Å². The molecule has 54 heavy (non-hydrogen) atoms. The largest absolute Gasteiger partial charge is 0.467 e. The van der Waals surface area contributed by atoms with Gasteiger partial charge in [0.05, 0.1) is 31.8 Å². The number of alkyl halides is 1. The number of methoxy groups -OCH3 is 1. The molecule has 2 aromatic heterocycles. The van der Waals surface area contributed by atoms with E-state index < -0.39 is 12.0 Å². The van der Waals surface area contributed by atoms with Gasteiger partial charge in [-0.05, 0) is 57.2 Å². The summed E-state index contributed by atoms with van der Waals surface area (Å²) in [4.78, 5) is 34.9. The molecule has 0 aliphatic carbocycles. The molecule has 3 aromatic rings. The Morgan fingerprint density at radius 1 is 1.13 bits per heavy atom. The number of aromatic nitrogens is 3. The Morgan fingerprint density at radius 2 is 1.85 bits per heavy atom. The Bertz CT molecular complexity index is 1870. The number of rotatable bonds is 7. The van der Waals surface area contributed by atoms with Crippen LogP contribution in [0.5, 0.6) is 6.01 Å². The van der Waals surface area contributed by atoms with Gasteiger partial charge >= 0.3 is 6.01 Å². The molecule has 0 saturated carbocycles. The monoisotopic (exact) mass is 762 g/mol. The molecule has 11 nitrogen and oxygen atoms in total. The normalized spacial score (nSPS) is 23.7. The van der Waals surface area contributed by atoms with E-state index in [9.17, 15) is 9.18 Å². The molecule has 0 spiro atoms. The van der Waals surface area contributed by atoms with Crippen LogP contribution in [0, 0.1) is 17.1 Å². The van der Waals surface area contributed by atoms with Crippen LogP contribution >= 0.6 is 11.6 Å². The van der Waals surface area contributed by atoms with Crippen molar-refractivity contribution in [3.8, 4) is 23.3 Å². The van der Waals surface area contributed by atoms with E-state index in [1.54, 1.807) is 36.5 Å². The highest BCUT2D eigenvalue weighted by molar-refractivity contribution is 6.32. The van der Waals surface area contributed by atoms with E-state index in [0.717, 1.165) is 45.6 Å². The van der Waals surface area contributed by atoms with E-state index in [1.165, 1.54) is 26.9 Å². The van der Waals surface area contributed by atoms with Gasteiger partial charge < -0.3 is 19.3 Å². The number of piperazine rings is 1. The Morgan fingerprint density at radius 3 is 2.52 bits per heavy atom. The Labute approximate surface area is 321 Å². The quantitative estimate of drug-likeness (QED) is 0.254. The number of anilines is 1. The maximum Gasteiger partial charge on any atom is 0.318 e. The van der Waals surface area contributed by atoms with Gasteiger partial charge in [-0.3, -0.25) is 19.6 Å². The van der Waals surface area contributed by atoms with E-state index in [1.807, 2.05) is 22.8 Å². The average Bonchev–Trinajstić information content (AvgIpc) is 3.81. The summed E-state index contributed by atoms with van der Waals surface area (Å²) >= 11 is 6.43. The van der Waals surface area contributed by atoms with Crippen molar-refractivity contribution in [2.45, 2.75) is 70.2 Å². The van der Waals surface area contributed by atoms with Crippen molar-refractivity contribution < 1.29 is 23.0 Å². The van der Waals surface area contributed by atoms with Crippen molar-refractivity contribution >= 4 is 39.8 Å². The standard InChI is InChI=1S/C31H34ClFN6O3.C7H12FN.C2H3N/c1-19(2)26-22(6-4-7-24(26)32)28-27(33)29-23(16-34-28)30(36-31(35-29)41-3)38-14-12-37(13-15-38)25(40)8-5-11-39-20-9-10-21(39)18-42-17-20;8-6-4-7-2-1-3-9(7)5-6;1-2-3/h4-8,16,20-21H,1,9-15,17-18H2,2-3H3;6-7H,1-5H2;1H3/b8-5+;;. The molecule has 8 rings (SSSR count). The summed E-state index contributed by atoms with van der Waals surface area (Å²) in [5.74, 6) is -0.0779. The van der Waals surface area contributed by atoms with E-state index in [4.69, 9.17) is 26.3 Å². The van der Waals surface area contributed by atoms with Crippen LogP contribution in [-0.2, 0) is 9.53 Å². The summed E-state index contributed by atoms with van der Waals surface area (Å²) in [5, 5.41) is 8.26. The third-order valence-electron chi connectivity index (χ3n) is 10.8. The van der Waals surface area contributed by atoms with Crippen LogP contribution in [0.4, 0.5) is 14.6 Å². The van der Waals surface area contributed by atoms with E-state index in [-0.39, 0.29) is 23.1 Å². The lowest BCUT2D eigenvalue weighted by molar-refractivity contribution is -0.126. The van der Waals surface area contributed by atoms with Crippen LogP contribution in [0.25, 0.3) is 27.7 Å². The third kappa shape index (κ3) is 8.68. The number of allylic oxidation sites excluding steroid dienone is 1. The first-order valence-corrected chi connectivity index (χ1v) is 19.1. The number of nitriles is 1. The minimum atomic E-state index is -0.591. The van der Waals surface area contributed by atoms with Gasteiger partial charge in [0.25, 0.3) is 0 Å². The van der Waals surface area contributed by atoms with E-state index in [2.05, 4.69) is 31.3 Å². The molecule has 5 aliphatic heterocycles. The van der Waals surface area contributed by atoms with Crippen molar-refractivity contribution in [2.24, 2.45) is 0 Å². The van der Waals surface area contributed by atoms with Crippen LogP contribution in [0.1, 0.15) is 51.5 Å². The number of pyridine rings is 1. The van der Waals surface area contributed by atoms with E-state index >= 15 is 4.39 Å². The first kappa shape index (κ1) is 39.5. The van der Waals surface area contributed by atoms with Gasteiger partial charge in [0, 0.05) is 92.7 Å². The lowest BCUT2D eigenvalue weighted by atomic mass is 9.98. The highest BCUT2D eigenvalue weighted by Gasteiger charge is 2.37. The van der Waals surface area contributed by atoms with Gasteiger partial charge in [-0.2, -0.15) is 15.2 Å². The van der Waals surface area contributed by atoms with Crippen molar-refractivity contribution in [3.63, 3.8) is 0 Å². The zero-order valence-corrected chi connectivity index (χ0v) is 32.1. The second-order valence-electron chi connectivity index (χ2n) is 14.3. The fraction of sp³-hybridized carbons (Fsp3) is 0.525. The van der Waals surface area contributed by atoms with Crippen molar-refractivity contribution in [3.05, 3.63) is 59.5 Å². The minimum absolute atomic E-state index is 0.00688. The molecule has 4 atom stereocenters. The molecule has 5 aliphatic rings. The molecule has 0 radical (unpaired) electrons. The smallest absolute Gasteiger partial charge is 0.318 e. The van der Waals surface area contributed by atoms with Crippen LogP contribution in [-0.4, -0.2) is 126 Å². The predicted octanol–water partition coefficient (Wildman–Crippen LogP) is 6.32. The summed E-state index contributed by atoms with van der Waals surface area (Å²) in [6.45, 7) is 13.5. The molecule has 0 N–H and O–H groups in total. The molecule has 2 bridgehead atoms. The van der Waals surface area contributed by atoms with Crippen LogP contribution < -0.4 is 9.64 Å². The van der Waals surface area contributed by atoms with Crippen LogP contribution in [0.15, 0.2) is 43.1 Å². The molecule has 4 unspecified atom stereocenters. The second-order valence-corrected chi connectivity index (χ2v) is 14.7. The second kappa shape index (κ2) is 17.9. The average molecular weight is 763 g/mol. The Hall–Kier alpha value is -4.22. The van der Waals surface area contributed by atoms with Gasteiger partial charge in [-0.15, -0.1) is 0 Å². The van der Waals surface area contributed by atoms with Crippen LogP contribution in [0.3, 0.4) is 0 Å². The first-order valence-electron chi connectivity index (χ1n) is 18.7. The van der Waals surface area contributed by atoms with Crippen LogP contribution in [0.2, 0.25) is 5.02 Å². The van der Waals surface area contributed by atoms with Gasteiger partial charge in [0.15, 0.2) is 5.82 Å². The number of halogens is 3. The Balaban J connectivity index is 0.000000352. The minimum Gasteiger partial charge on any atom is -0.467 e.